The molecule has 1 aliphatic rings. The number of nitrogens with zero attached hydrogens (tertiary/aromatic N) is 3. The van der Waals surface area contributed by atoms with E-state index in [4.69, 9.17) is 9.88 Å². The molecule has 26 heavy (non-hydrogen) atoms. The second kappa shape index (κ2) is 10.4. The lowest BCUT2D eigenvalue weighted by Gasteiger charge is -2.27. The van der Waals surface area contributed by atoms with Crippen LogP contribution in [0.3, 0.4) is 0 Å². The van der Waals surface area contributed by atoms with Crippen LogP contribution in [0.25, 0.3) is 5.65 Å². The lowest BCUT2D eigenvalue weighted by atomic mass is 10.1. The van der Waals surface area contributed by atoms with E-state index in [0.717, 1.165) is 29.3 Å². The smallest absolute Gasteiger partial charge is 0.356 e. The first kappa shape index (κ1) is 20.6. The van der Waals surface area contributed by atoms with Gasteiger partial charge in [0.15, 0.2) is 11.3 Å². The third-order valence-corrected chi connectivity index (χ3v) is 4.87. The summed E-state index contributed by atoms with van der Waals surface area (Å²) >= 11 is 1.18. The summed E-state index contributed by atoms with van der Waals surface area (Å²) in [6.45, 7) is 8.16. The molecule has 1 saturated heterocycles. The lowest BCUT2D eigenvalue weighted by Crippen LogP contribution is -2.27. The van der Waals surface area contributed by atoms with Crippen LogP contribution in [0, 0.1) is 0 Å². The standard InChI is InChI=1S/C17H24N4O2S.C2H6/c1-2-23-17(22)15-11-19-16-14(10-13(24-18)12-21(15)16)20-8-6-4-3-5-7-9-20;1-2/h10-12H,2-9,18H2,1H3;1-2H3. The summed E-state index contributed by atoms with van der Waals surface area (Å²) < 4.78 is 6.95. The maximum Gasteiger partial charge on any atom is 0.356 e. The molecule has 0 saturated carbocycles. The molecule has 6 nitrogen and oxygen atoms in total. The Bertz CT molecular complexity index is 709. The molecule has 0 aliphatic carbocycles. The summed E-state index contributed by atoms with van der Waals surface area (Å²) in [4.78, 5) is 19.9. The number of aromatic nitrogens is 2. The van der Waals surface area contributed by atoms with E-state index in [2.05, 4.69) is 16.0 Å². The number of carbonyl (C=O) groups excluding carboxylic acids is 1. The van der Waals surface area contributed by atoms with Crippen LogP contribution in [0.4, 0.5) is 5.69 Å². The van der Waals surface area contributed by atoms with Crippen LogP contribution in [0.1, 0.15) is 63.4 Å². The molecule has 3 rings (SSSR count). The van der Waals surface area contributed by atoms with Crippen molar-refractivity contribution in [1.82, 2.24) is 9.38 Å². The second-order valence-electron chi connectivity index (χ2n) is 5.99. The van der Waals surface area contributed by atoms with Gasteiger partial charge < -0.3 is 9.64 Å². The van der Waals surface area contributed by atoms with Crippen molar-refractivity contribution in [3.8, 4) is 0 Å². The van der Waals surface area contributed by atoms with E-state index in [1.54, 1.807) is 17.5 Å². The van der Waals surface area contributed by atoms with E-state index < -0.39 is 0 Å². The van der Waals surface area contributed by atoms with Crippen molar-refractivity contribution in [2.75, 3.05) is 24.6 Å². The van der Waals surface area contributed by atoms with Gasteiger partial charge in [-0.3, -0.25) is 9.54 Å². The number of anilines is 1. The van der Waals surface area contributed by atoms with E-state index in [1.807, 2.05) is 20.0 Å². The Balaban J connectivity index is 0.00000117. The fraction of sp³-hybridized carbons (Fsp3) is 0.579. The number of imidazole rings is 1. The highest BCUT2D eigenvalue weighted by molar-refractivity contribution is 7.97. The van der Waals surface area contributed by atoms with Crippen molar-refractivity contribution in [3.05, 3.63) is 24.2 Å². The number of esters is 1. The average molecular weight is 379 g/mol. The summed E-state index contributed by atoms with van der Waals surface area (Å²) in [6, 6.07) is 2.07. The van der Waals surface area contributed by atoms with Crippen LogP contribution in [0.5, 0.6) is 0 Å². The highest BCUT2D eigenvalue weighted by atomic mass is 32.2. The molecule has 3 heterocycles. The predicted molar refractivity (Wildman–Crippen MR) is 108 cm³/mol. The monoisotopic (exact) mass is 378 g/mol. The number of rotatable bonds is 4. The summed E-state index contributed by atoms with van der Waals surface area (Å²) in [7, 11) is 0. The molecule has 1 fully saturated rings. The number of ether oxygens (including phenoxy) is 1. The number of carbonyl (C=O) groups is 1. The quantitative estimate of drug-likeness (QED) is 0.632. The molecule has 0 atom stereocenters. The number of hydrogen-bond acceptors (Lipinski definition) is 6. The van der Waals surface area contributed by atoms with Gasteiger partial charge in [0.25, 0.3) is 0 Å². The molecule has 0 spiro atoms. The molecular weight excluding hydrogens is 348 g/mol. The van der Waals surface area contributed by atoms with Gasteiger partial charge in [0.1, 0.15) is 0 Å². The molecule has 2 aromatic heterocycles. The van der Waals surface area contributed by atoms with Crippen LogP contribution >= 0.6 is 11.9 Å². The van der Waals surface area contributed by atoms with Gasteiger partial charge in [-0.05, 0) is 37.8 Å². The van der Waals surface area contributed by atoms with Gasteiger partial charge in [-0.25, -0.2) is 9.78 Å². The number of fused-ring (bicyclic) bond motifs is 1. The first-order valence-corrected chi connectivity index (χ1v) is 10.4. The van der Waals surface area contributed by atoms with Gasteiger partial charge in [0.2, 0.25) is 0 Å². The van der Waals surface area contributed by atoms with Gasteiger partial charge in [0, 0.05) is 24.2 Å². The molecule has 144 valence electrons. The van der Waals surface area contributed by atoms with Gasteiger partial charge >= 0.3 is 5.97 Å². The van der Waals surface area contributed by atoms with Crippen LogP contribution in [0.2, 0.25) is 0 Å². The topological polar surface area (TPSA) is 72.9 Å². The van der Waals surface area contributed by atoms with Crippen molar-refractivity contribution in [3.63, 3.8) is 0 Å². The minimum absolute atomic E-state index is 0.344. The Kier molecular flexibility index (Phi) is 8.25. The summed E-state index contributed by atoms with van der Waals surface area (Å²) in [5, 5.41) is 5.80. The first-order chi connectivity index (χ1) is 12.7. The SMILES string of the molecule is CC.CCOC(=O)c1cnc2c(N3CCCCCCC3)cc(SN)cn12. The van der Waals surface area contributed by atoms with Crippen molar-refractivity contribution in [2.24, 2.45) is 5.14 Å². The number of pyridine rings is 1. The zero-order chi connectivity index (χ0) is 18.9. The molecule has 0 radical (unpaired) electrons. The molecule has 0 aromatic carbocycles. The third kappa shape index (κ3) is 4.71. The van der Waals surface area contributed by atoms with Crippen LogP contribution < -0.4 is 10.0 Å². The predicted octanol–water partition coefficient (Wildman–Crippen LogP) is 4.27. The van der Waals surface area contributed by atoms with Gasteiger partial charge in [-0.15, -0.1) is 0 Å². The van der Waals surface area contributed by atoms with Gasteiger partial charge in [-0.1, -0.05) is 33.1 Å². The minimum Gasteiger partial charge on any atom is -0.461 e. The zero-order valence-corrected chi connectivity index (χ0v) is 16.8. The van der Waals surface area contributed by atoms with Crippen LogP contribution in [-0.4, -0.2) is 35.1 Å². The fourth-order valence-electron chi connectivity index (χ4n) is 3.19. The molecule has 7 heteroatoms. The molecule has 1 aliphatic heterocycles. The van der Waals surface area contributed by atoms with Crippen LogP contribution in [0.15, 0.2) is 23.4 Å². The van der Waals surface area contributed by atoms with E-state index in [0.29, 0.717) is 12.3 Å². The highest BCUT2D eigenvalue weighted by Gasteiger charge is 2.19. The maximum absolute atomic E-state index is 12.2. The largest absolute Gasteiger partial charge is 0.461 e. The molecular formula is C19H30N4O2S. The van der Waals surface area contributed by atoms with E-state index in [1.165, 1.54) is 44.1 Å². The van der Waals surface area contributed by atoms with Crippen molar-refractivity contribution >= 4 is 29.3 Å². The summed E-state index contributed by atoms with van der Waals surface area (Å²) in [5.74, 6) is -0.359. The third-order valence-electron chi connectivity index (χ3n) is 4.38. The minimum atomic E-state index is -0.359. The van der Waals surface area contributed by atoms with Crippen molar-refractivity contribution in [2.45, 2.75) is 57.8 Å². The normalized spacial score (nSPS) is 15.0. The Morgan fingerprint density at radius 3 is 2.50 bits per heavy atom. The van der Waals surface area contributed by atoms with E-state index in [-0.39, 0.29) is 5.97 Å². The van der Waals surface area contributed by atoms with Crippen LogP contribution in [-0.2, 0) is 4.74 Å². The Labute approximate surface area is 160 Å². The Morgan fingerprint density at radius 2 is 1.88 bits per heavy atom. The van der Waals surface area contributed by atoms with Crippen molar-refractivity contribution < 1.29 is 9.53 Å². The fourth-order valence-corrected chi connectivity index (χ4v) is 3.53. The first-order valence-electron chi connectivity index (χ1n) is 9.54. The summed E-state index contributed by atoms with van der Waals surface area (Å²) in [5.41, 5.74) is 2.27. The number of nitrogens with two attached hydrogens (primary N) is 1. The van der Waals surface area contributed by atoms with E-state index >= 15 is 0 Å². The number of hydrogen-bond donors (Lipinski definition) is 1. The summed E-state index contributed by atoms with van der Waals surface area (Å²) in [6.07, 6.45) is 9.65. The second-order valence-corrected chi connectivity index (χ2v) is 6.70. The van der Waals surface area contributed by atoms with Gasteiger partial charge in [-0.2, -0.15) is 0 Å². The molecule has 2 aromatic rings. The maximum atomic E-state index is 12.2. The molecule has 0 unspecified atom stereocenters. The Morgan fingerprint density at radius 1 is 1.23 bits per heavy atom. The molecule has 0 amide bonds. The average Bonchev–Trinajstić information content (AvgIpc) is 3.07. The lowest BCUT2D eigenvalue weighted by molar-refractivity contribution is 0.0518. The Hall–Kier alpha value is -1.73. The van der Waals surface area contributed by atoms with Crippen molar-refractivity contribution in [1.29, 1.82) is 0 Å². The zero-order valence-electron chi connectivity index (χ0n) is 16.0. The molecule has 0 bridgehead atoms. The van der Waals surface area contributed by atoms with Gasteiger partial charge in [0.05, 0.1) is 18.5 Å². The molecule has 2 N–H and O–H groups in total. The highest BCUT2D eigenvalue weighted by Crippen LogP contribution is 2.29. The van der Waals surface area contributed by atoms with E-state index in [9.17, 15) is 4.79 Å².